The van der Waals surface area contributed by atoms with E-state index in [9.17, 15) is 13.2 Å². The summed E-state index contributed by atoms with van der Waals surface area (Å²) in [6.45, 7) is 0.749. The summed E-state index contributed by atoms with van der Waals surface area (Å²) in [6, 6.07) is 7.17. The highest BCUT2D eigenvalue weighted by molar-refractivity contribution is 7.90. The van der Waals surface area contributed by atoms with Crippen LogP contribution >= 0.6 is 0 Å². The van der Waals surface area contributed by atoms with Gasteiger partial charge in [-0.1, -0.05) is 18.2 Å². The number of hydrogen-bond donors (Lipinski definition) is 1. The van der Waals surface area contributed by atoms with Gasteiger partial charge in [0.15, 0.2) is 0 Å². The Morgan fingerprint density at radius 1 is 1.27 bits per heavy atom. The molecule has 0 aliphatic carbocycles. The molecule has 22 heavy (non-hydrogen) atoms. The molecule has 0 bridgehead atoms. The summed E-state index contributed by atoms with van der Waals surface area (Å²) in [6.07, 6.45) is 2.30. The lowest BCUT2D eigenvalue weighted by molar-refractivity contribution is -0.120. The Morgan fingerprint density at radius 2 is 2.09 bits per heavy atom. The van der Waals surface area contributed by atoms with Crippen molar-refractivity contribution in [1.29, 1.82) is 0 Å². The zero-order valence-electron chi connectivity index (χ0n) is 12.2. The predicted octanol–water partition coefficient (Wildman–Crippen LogP) is 1.18. The van der Waals surface area contributed by atoms with Crippen LogP contribution in [-0.2, 0) is 19.6 Å². The lowest BCUT2D eigenvalue weighted by Gasteiger charge is -2.22. The third kappa shape index (κ3) is 3.41. The number of carbonyl (C=O) groups excluding carboxylic acids is 1. The van der Waals surface area contributed by atoms with Crippen LogP contribution in [0.5, 0.6) is 5.75 Å². The molecular weight excluding hydrogens is 306 g/mol. The van der Waals surface area contributed by atoms with E-state index in [-0.39, 0.29) is 18.5 Å². The maximum Gasteiger partial charge on any atom is 0.244 e. The summed E-state index contributed by atoms with van der Waals surface area (Å²) < 4.78 is 37.2. The SMILES string of the molecule is O=C(NS(=O)(=O)C[C@@H]1CCCCO1)[C@H]1COc2ccccc21. The van der Waals surface area contributed by atoms with Crippen molar-refractivity contribution < 1.29 is 22.7 Å². The number of sulfonamides is 1. The smallest absolute Gasteiger partial charge is 0.244 e. The first-order valence-corrected chi connectivity index (χ1v) is 9.08. The van der Waals surface area contributed by atoms with Crippen molar-refractivity contribution in [2.24, 2.45) is 0 Å². The largest absolute Gasteiger partial charge is 0.492 e. The summed E-state index contributed by atoms with van der Waals surface area (Å²) in [4.78, 5) is 12.3. The van der Waals surface area contributed by atoms with E-state index in [1.165, 1.54) is 0 Å². The molecule has 2 aliphatic heterocycles. The first-order valence-electron chi connectivity index (χ1n) is 7.43. The maximum atomic E-state index is 12.3. The van der Waals surface area contributed by atoms with Crippen LogP contribution in [0.4, 0.5) is 0 Å². The van der Waals surface area contributed by atoms with Crippen LogP contribution < -0.4 is 9.46 Å². The van der Waals surface area contributed by atoms with Gasteiger partial charge in [0.1, 0.15) is 18.3 Å². The van der Waals surface area contributed by atoms with Gasteiger partial charge in [-0.2, -0.15) is 0 Å². The molecule has 6 nitrogen and oxygen atoms in total. The third-order valence-electron chi connectivity index (χ3n) is 3.95. The van der Waals surface area contributed by atoms with E-state index >= 15 is 0 Å². The molecule has 0 aromatic heterocycles. The molecule has 120 valence electrons. The van der Waals surface area contributed by atoms with E-state index < -0.39 is 21.8 Å². The van der Waals surface area contributed by atoms with Gasteiger partial charge >= 0.3 is 0 Å². The van der Waals surface area contributed by atoms with Crippen molar-refractivity contribution in [1.82, 2.24) is 4.72 Å². The van der Waals surface area contributed by atoms with Gasteiger partial charge in [0.05, 0.1) is 11.9 Å². The van der Waals surface area contributed by atoms with Gasteiger partial charge in [-0.25, -0.2) is 8.42 Å². The second-order valence-electron chi connectivity index (χ2n) is 5.64. The Kier molecular flexibility index (Phi) is 4.35. The molecule has 2 atom stereocenters. The summed E-state index contributed by atoms with van der Waals surface area (Å²) in [5.41, 5.74) is 0.726. The van der Waals surface area contributed by atoms with Crippen molar-refractivity contribution in [2.75, 3.05) is 19.0 Å². The van der Waals surface area contributed by atoms with E-state index in [1.807, 2.05) is 6.07 Å². The highest BCUT2D eigenvalue weighted by atomic mass is 32.2. The van der Waals surface area contributed by atoms with Crippen LogP contribution in [0.1, 0.15) is 30.7 Å². The number of para-hydroxylation sites is 1. The molecule has 1 fully saturated rings. The van der Waals surface area contributed by atoms with Gasteiger partial charge < -0.3 is 9.47 Å². The Morgan fingerprint density at radius 3 is 2.86 bits per heavy atom. The highest BCUT2D eigenvalue weighted by Crippen LogP contribution is 2.33. The lowest BCUT2D eigenvalue weighted by atomic mass is 10.0. The zero-order valence-corrected chi connectivity index (χ0v) is 13.0. The maximum absolute atomic E-state index is 12.3. The van der Waals surface area contributed by atoms with E-state index in [4.69, 9.17) is 9.47 Å². The van der Waals surface area contributed by atoms with Gasteiger partial charge in [-0.05, 0) is 25.3 Å². The van der Waals surface area contributed by atoms with Crippen LogP contribution in [-0.4, -0.2) is 39.4 Å². The second-order valence-corrected chi connectivity index (χ2v) is 7.40. The molecule has 7 heteroatoms. The number of ether oxygens (including phenoxy) is 2. The molecule has 1 saturated heterocycles. The van der Waals surface area contributed by atoms with Crippen molar-refractivity contribution in [3.63, 3.8) is 0 Å². The van der Waals surface area contributed by atoms with Gasteiger partial charge in [0.25, 0.3) is 0 Å². The van der Waals surface area contributed by atoms with Gasteiger partial charge in [0.2, 0.25) is 15.9 Å². The summed E-state index contributed by atoms with van der Waals surface area (Å²) in [7, 11) is -3.70. The molecule has 0 saturated carbocycles. The quantitative estimate of drug-likeness (QED) is 0.899. The third-order valence-corrected chi connectivity index (χ3v) is 5.27. The molecular formula is C15H19NO5S. The predicted molar refractivity (Wildman–Crippen MR) is 80.2 cm³/mol. The Balaban J connectivity index is 1.64. The van der Waals surface area contributed by atoms with Gasteiger partial charge in [-0.15, -0.1) is 0 Å². The first-order chi connectivity index (χ1) is 10.6. The van der Waals surface area contributed by atoms with Crippen molar-refractivity contribution in [3.8, 4) is 5.75 Å². The Bertz CT molecular complexity index is 652. The minimum atomic E-state index is -3.70. The fraction of sp³-hybridized carbons (Fsp3) is 0.533. The van der Waals surface area contributed by atoms with Crippen LogP contribution in [0, 0.1) is 0 Å². The topological polar surface area (TPSA) is 81.7 Å². The van der Waals surface area contributed by atoms with Crippen LogP contribution in [0.3, 0.4) is 0 Å². The molecule has 2 aliphatic rings. The normalized spacial score (nSPS) is 24.4. The summed E-state index contributed by atoms with van der Waals surface area (Å²) >= 11 is 0. The van der Waals surface area contributed by atoms with E-state index in [0.29, 0.717) is 18.8 Å². The number of rotatable bonds is 4. The molecule has 1 amide bonds. The number of nitrogens with one attached hydrogen (secondary N) is 1. The summed E-state index contributed by atoms with van der Waals surface area (Å²) in [5, 5.41) is 0. The molecule has 2 heterocycles. The molecule has 0 radical (unpaired) electrons. The fourth-order valence-electron chi connectivity index (χ4n) is 2.83. The number of carbonyl (C=O) groups is 1. The van der Waals surface area contributed by atoms with E-state index in [0.717, 1.165) is 18.4 Å². The Labute approximate surface area is 129 Å². The first kappa shape index (κ1) is 15.3. The monoisotopic (exact) mass is 325 g/mol. The number of hydrogen-bond acceptors (Lipinski definition) is 5. The van der Waals surface area contributed by atoms with Crippen LogP contribution in [0.2, 0.25) is 0 Å². The van der Waals surface area contributed by atoms with Crippen molar-refractivity contribution in [3.05, 3.63) is 29.8 Å². The van der Waals surface area contributed by atoms with Crippen LogP contribution in [0.15, 0.2) is 24.3 Å². The number of fused-ring (bicyclic) bond motifs is 1. The molecule has 1 N–H and O–H groups in total. The molecule has 0 spiro atoms. The molecule has 3 rings (SSSR count). The highest BCUT2D eigenvalue weighted by Gasteiger charge is 2.33. The average Bonchev–Trinajstić information content (AvgIpc) is 2.91. The minimum Gasteiger partial charge on any atom is -0.492 e. The van der Waals surface area contributed by atoms with Crippen molar-refractivity contribution in [2.45, 2.75) is 31.3 Å². The standard InChI is InChI=1S/C15H19NO5S/c17-15(13-9-21-14-7-2-1-6-12(13)14)16-22(18,19)10-11-5-3-4-8-20-11/h1-2,6-7,11,13H,3-5,8-10H2,(H,16,17)/t11-,13-/m0/s1. The van der Waals surface area contributed by atoms with Crippen molar-refractivity contribution >= 4 is 15.9 Å². The van der Waals surface area contributed by atoms with Gasteiger partial charge in [0, 0.05) is 12.2 Å². The number of amides is 1. The second kappa shape index (κ2) is 6.26. The van der Waals surface area contributed by atoms with E-state index in [1.54, 1.807) is 18.2 Å². The minimum absolute atomic E-state index is 0.167. The van der Waals surface area contributed by atoms with E-state index in [2.05, 4.69) is 4.72 Å². The lowest BCUT2D eigenvalue weighted by Crippen LogP contribution is -2.40. The zero-order chi connectivity index (χ0) is 15.6. The van der Waals surface area contributed by atoms with Gasteiger partial charge in [-0.3, -0.25) is 9.52 Å². The number of benzene rings is 1. The Hall–Kier alpha value is -1.60. The molecule has 0 unspecified atom stereocenters. The molecule has 1 aromatic rings. The van der Waals surface area contributed by atoms with Crippen LogP contribution in [0.25, 0.3) is 0 Å². The molecule has 1 aromatic carbocycles. The fourth-order valence-corrected chi connectivity index (χ4v) is 4.11. The summed E-state index contributed by atoms with van der Waals surface area (Å²) in [5.74, 6) is -0.664. The average molecular weight is 325 g/mol.